The topological polar surface area (TPSA) is 27.7 Å². The predicted octanol–water partition coefficient (Wildman–Crippen LogP) is 3.05. The summed E-state index contributed by atoms with van der Waals surface area (Å²) >= 11 is 0. The van der Waals surface area contributed by atoms with E-state index in [4.69, 9.17) is 14.0 Å². The van der Waals surface area contributed by atoms with Gasteiger partial charge in [-0.15, -0.1) is 0 Å². The highest BCUT2D eigenvalue weighted by Crippen LogP contribution is 2.37. The third kappa shape index (κ3) is 2.86. The first-order chi connectivity index (χ1) is 10.2. The Hall–Kier alpha value is -1.14. The standard InChI is InChI=1S/C16H21BF2O3/c1-15(2)16(3,4)22-17(21-15)14-12(18)7-11(8-13(14)19)20-9-10-5-6-10/h7-8,10H,5-6,9H2,1-4H3. The van der Waals surface area contributed by atoms with Gasteiger partial charge in [-0.25, -0.2) is 8.78 Å². The molecule has 0 amide bonds. The Morgan fingerprint density at radius 2 is 1.59 bits per heavy atom. The summed E-state index contributed by atoms with van der Waals surface area (Å²) in [5.74, 6) is -0.676. The molecule has 6 heteroatoms. The summed E-state index contributed by atoms with van der Waals surface area (Å²) in [5.41, 5.74) is -1.48. The van der Waals surface area contributed by atoms with Crippen LogP contribution in [0.3, 0.4) is 0 Å². The van der Waals surface area contributed by atoms with Gasteiger partial charge in [-0.2, -0.15) is 0 Å². The largest absolute Gasteiger partial charge is 0.500 e. The first kappa shape index (κ1) is 15.7. The molecule has 1 aliphatic carbocycles. The van der Waals surface area contributed by atoms with E-state index in [-0.39, 0.29) is 11.2 Å². The van der Waals surface area contributed by atoms with Crippen LogP contribution in [-0.4, -0.2) is 24.9 Å². The molecular formula is C16H21BF2O3. The molecule has 1 saturated carbocycles. The van der Waals surface area contributed by atoms with E-state index in [1.807, 2.05) is 27.7 Å². The Kier molecular flexibility index (Phi) is 3.72. The fourth-order valence-corrected chi connectivity index (χ4v) is 2.33. The Bertz CT molecular complexity index is 546. The van der Waals surface area contributed by atoms with E-state index in [2.05, 4.69) is 0 Å². The van der Waals surface area contributed by atoms with Crippen molar-refractivity contribution in [1.29, 1.82) is 0 Å². The lowest BCUT2D eigenvalue weighted by Crippen LogP contribution is -2.41. The second-order valence-corrected chi connectivity index (χ2v) is 7.14. The molecule has 1 aromatic rings. The van der Waals surface area contributed by atoms with Crippen molar-refractivity contribution in [1.82, 2.24) is 0 Å². The highest BCUT2D eigenvalue weighted by Gasteiger charge is 2.53. The van der Waals surface area contributed by atoms with Gasteiger partial charge in [-0.05, 0) is 46.5 Å². The van der Waals surface area contributed by atoms with Gasteiger partial charge in [-0.3, -0.25) is 0 Å². The lowest BCUT2D eigenvalue weighted by molar-refractivity contribution is 0.00578. The van der Waals surface area contributed by atoms with Gasteiger partial charge in [0.2, 0.25) is 0 Å². The highest BCUT2D eigenvalue weighted by molar-refractivity contribution is 6.62. The van der Waals surface area contributed by atoms with Crippen LogP contribution < -0.4 is 10.2 Å². The molecule has 0 bridgehead atoms. The molecule has 1 aliphatic heterocycles. The minimum Gasteiger partial charge on any atom is -0.493 e. The second-order valence-electron chi connectivity index (χ2n) is 7.14. The average molecular weight is 310 g/mol. The quantitative estimate of drug-likeness (QED) is 0.800. The Labute approximate surface area is 130 Å². The zero-order valence-electron chi connectivity index (χ0n) is 13.4. The minimum atomic E-state index is -1.05. The van der Waals surface area contributed by atoms with Crippen molar-refractivity contribution >= 4 is 12.6 Å². The fourth-order valence-electron chi connectivity index (χ4n) is 2.33. The van der Waals surface area contributed by atoms with Gasteiger partial charge >= 0.3 is 7.12 Å². The van der Waals surface area contributed by atoms with Crippen LogP contribution >= 0.6 is 0 Å². The zero-order chi connectivity index (χ0) is 16.1. The van der Waals surface area contributed by atoms with Crippen LogP contribution in [0.5, 0.6) is 5.75 Å². The van der Waals surface area contributed by atoms with Crippen LogP contribution in [0.1, 0.15) is 40.5 Å². The number of benzene rings is 1. The maximum absolute atomic E-state index is 14.3. The van der Waals surface area contributed by atoms with E-state index in [1.165, 1.54) is 12.1 Å². The summed E-state index contributed by atoms with van der Waals surface area (Å²) in [5, 5.41) is 0. The van der Waals surface area contributed by atoms with E-state index in [1.54, 1.807) is 0 Å². The second kappa shape index (κ2) is 5.20. The SMILES string of the molecule is CC1(C)OB(c2c(F)cc(OCC3CC3)cc2F)OC1(C)C. The van der Waals surface area contributed by atoms with Crippen LogP contribution in [-0.2, 0) is 9.31 Å². The van der Waals surface area contributed by atoms with Gasteiger partial charge in [0.25, 0.3) is 0 Å². The van der Waals surface area contributed by atoms with Gasteiger partial charge in [0.1, 0.15) is 17.4 Å². The molecule has 2 fully saturated rings. The van der Waals surface area contributed by atoms with Crippen LogP contribution in [0.2, 0.25) is 0 Å². The van der Waals surface area contributed by atoms with Crippen LogP contribution in [0.4, 0.5) is 8.78 Å². The smallest absolute Gasteiger partial charge is 0.493 e. The van der Waals surface area contributed by atoms with E-state index >= 15 is 0 Å². The normalized spacial score (nSPS) is 22.9. The molecule has 0 radical (unpaired) electrons. The van der Waals surface area contributed by atoms with Crippen LogP contribution in [0.25, 0.3) is 0 Å². The van der Waals surface area contributed by atoms with Crippen molar-refractivity contribution in [3.63, 3.8) is 0 Å². The van der Waals surface area contributed by atoms with Crippen molar-refractivity contribution in [3.05, 3.63) is 23.8 Å². The monoisotopic (exact) mass is 310 g/mol. The van der Waals surface area contributed by atoms with Crippen LogP contribution in [0.15, 0.2) is 12.1 Å². The average Bonchev–Trinajstić information content (AvgIpc) is 3.14. The van der Waals surface area contributed by atoms with Gasteiger partial charge in [-0.1, -0.05) is 0 Å². The van der Waals surface area contributed by atoms with Gasteiger partial charge < -0.3 is 14.0 Å². The van der Waals surface area contributed by atoms with Gasteiger partial charge in [0.15, 0.2) is 0 Å². The third-order valence-electron chi connectivity index (χ3n) is 4.72. The van der Waals surface area contributed by atoms with Crippen molar-refractivity contribution in [2.45, 2.75) is 51.7 Å². The number of ether oxygens (including phenoxy) is 1. The predicted molar refractivity (Wildman–Crippen MR) is 80.3 cm³/mol. The summed E-state index contributed by atoms with van der Waals surface area (Å²) < 4.78 is 45.5. The minimum absolute atomic E-state index is 0.197. The molecule has 0 N–H and O–H groups in total. The molecule has 3 nitrogen and oxygen atoms in total. The Morgan fingerprint density at radius 1 is 1.09 bits per heavy atom. The Balaban J connectivity index is 1.82. The number of halogens is 2. The number of hydrogen-bond donors (Lipinski definition) is 0. The molecule has 0 atom stereocenters. The summed E-state index contributed by atoms with van der Waals surface area (Å²) in [4.78, 5) is 0. The molecule has 1 heterocycles. The first-order valence-electron chi connectivity index (χ1n) is 7.67. The van der Waals surface area contributed by atoms with Gasteiger partial charge in [0.05, 0.1) is 23.3 Å². The molecule has 0 aromatic heterocycles. The highest BCUT2D eigenvalue weighted by atomic mass is 19.1. The van der Waals surface area contributed by atoms with E-state index in [0.717, 1.165) is 12.8 Å². The summed E-state index contributed by atoms with van der Waals surface area (Å²) in [6.07, 6.45) is 2.24. The lowest BCUT2D eigenvalue weighted by Gasteiger charge is -2.32. The lowest BCUT2D eigenvalue weighted by atomic mass is 9.78. The number of rotatable bonds is 4. The van der Waals surface area contributed by atoms with Crippen LogP contribution in [0, 0.1) is 17.6 Å². The maximum Gasteiger partial charge on any atom is 0.500 e. The molecule has 22 heavy (non-hydrogen) atoms. The maximum atomic E-state index is 14.3. The molecule has 1 saturated heterocycles. The number of hydrogen-bond acceptors (Lipinski definition) is 3. The molecule has 3 rings (SSSR count). The van der Waals surface area contributed by atoms with Crippen molar-refractivity contribution in [2.75, 3.05) is 6.61 Å². The van der Waals surface area contributed by atoms with E-state index < -0.39 is 30.0 Å². The first-order valence-corrected chi connectivity index (χ1v) is 7.67. The molecule has 2 aliphatic rings. The molecule has 0 unspecified atom stereocenters. The molecule has 0 spiro atoms. The van der Waals surface area contributed by atoms with E-state index in [0.29, 0.717) is 12.5 Å². The molecule has 120 valence electrons. The molecule has 1 aromatic carbocycles. The van der Waals surface area contributed by atoms with Gasteiger partial charge in [0, 0.05) is 12.1 Å². The van der Waals surface area contributed by atoms with Crippen molar-refractivity contribution < 1.29 is 22.8 Å². The third-order valence-corrected chi connectivity index (χ3v) is 4.72. The zero-order valence-corrected chi connectivity index (χ0v) is 13.4. The van der Waals surface area contributed by atoms with Crippen molar-refractivity contribution in [2.24, 2.45) is 5.92 Å². The summed E-state index contributed by atoms with van der Waals surface area (Å²) in [6.45, 7) is 7.88. The summed E-state index contributed by atoms with van der Waals surface area (Å²) in [7, 11) is -1.05. The van der Waals surface area contributed by atoms with Crippen molar-refractivity contribution in [3.8, 4) is 5.75 Å². The van der Waals surface area contributed by atoms with E-state index in [9.17, 15) is 8.78 Å². The summed E-state index contributed by atoms with van der Waals surface area (Å²) in [6, 6.07) is 2.40. The Morgan fingerprint density at radius 3 is 2.05 bits per heavy atom. The fraction of sp³-hybridized carbons (Fsp3) is 0.625. The molecular weight excluding hydrogens is 289 g/mol.